The minimum atomic E-state index is -0.891. The minimum absolute atomic E-state index is 0.0913. The number of carbonyl (C=O) groups excluding carboxylic acids is 1. The molecule has 232 valence electrons. The summed E-state index contributed by atoms with van der Waals surface area (Å²) in [6, 6.07) is 22.8. The van der Waals surface area contributed by atoms with Gasteiger partial charge in [0.15, 0.2) is 0 Å². The Labute approximate surface area is 263 Å². The van der Waals surface area contributed by atoms with Gasteiger partial charge in [0, 0.05) is 22.4 Å². The summed E-state index contributed by atoms with van der Waals surface area (Å²) >= 11 is 12.4. The van der Waals surface area contributed by atoms with Crippen molar-refractivity contribution in [3.8, 4) is 5.75 Å². The molecule has 1 aliphatic rings. The van der Waals surface area contributed by atoms with E-state index < -0.39 is 29.9 Å². The highest BCUT2D eigenvalue weighted by Crippen LogP contribution is 2.33. The number of aliphatic hydroxyl groups is 1. The second-order valence-corrected chi connectivity index (χ2v) is 12.3. The second-order valence-electron chi connectivity index (χ2n) is 11.4. The predicted octanol–water partition coefficient (Wildman–Crippen LogP) is 7.19. The standard InChI is InChI=1S/C33H39Cl2NO7/c1-33(2,3)42-32(38)43-36-19-29(37)31(30(20-36)41-22-24-16-26(34)18-27(35)17-24)25-10-12-28(13-11-25)40-15-7-14-39-21-23-8-5-4-6-9-23/h4-6,8-13,16-18,29-31,37H,7,14-15,19-22H2,1-3H3. The van der Waals surface area contributed by atoms with Crippen molar-refractivity contribution in [3.63, 3.8) is 0 Å². The average Bonchev–Trinajstić information content (AvgIpc) is 2.93. The van der Waals surface area contributed by atoms with E-state index in [0.29, 0.717) is 29.9 Å². The maximum atomic E-state index is 12.3. The Hall–Kier alpha value is -2.85. The third-order valence-corrected chi connectivity index (χ3v) is 7.08. The number of aliphatic hydroxyl groups excluding tert-OH is 1. The summed E-state index contributed by atoms with van der Waals surface area (Å²) in [4.78, 5) is 17.8. The van der Waals surface area contributed by atoms with E-state index in [9.17, 15) is 9.90 Å². The van der Waals surface area contributed by atoms with Gasteiger partial charge in [-0.2, -0.15) is 0 Å². The topological polar surface area (TPSA) is 86.7 Å². The van der Waals surface area contributed by atoms with E-state index in [-0.39, 0.29) is 19.7 Å². The highest BCUT2D eigenvalue weighted by Gasteiger charge is 2.40. The van der Waals surface area contributed by atoms with E-state index >= 15 is 0 Å². The van der Waals surface area contributed by atoms with Crippen LogP contribution in [-0.4, -0.2) is 60.4 Å². The Bertz CT molecular complexity index is 1280. The number of hydrogen-bond donors (Lipinski definition) is 1. The van der Waals surface area contributed by atoms with Gasteiger partial charge in [-0.25, -0.2) is 4.79 Å². The van der Waals surface area contributed by atoms with Crippen molar-refractivity contribution in [2.24, 2.45) is 0 Å². The fraction of sp³-hybridized carbons (Fsp3) is 0.424. The molecule has 4 rings (SSSR count). The first-order valence-electron chi connectivity index (χ1n) is 14.3. The van der Waals surface area contributed by atoms with Crippen LogP contribution in [0.1, 0.15) is 49.8 Å². The predicted molar refractivity (Wildman–Crippen MR) is 165 cm³/mol. The molecule has 1 N–H and O–H groups in total. The summed E-state index contributed by atoms with van der Waals surface area (Å²) in [7, 11) is 0. The van der Waals surface area contributed by atoms with Crippen molar-refractivity contribution < 1.29 is 33.7 Å². The van der Waals surface area contributed by atoms with Crippen LogP contribution >= 0.6 is 23.2 Å². The van der Waals surface area contributed by atoms with Crippen LogP contribution in [0.15, 0.2) is 72.8 Å². The van der Waals surface area contributed by atoms with Crippen molar-refractivity contribution in [2.75, 3.05) is 26.3 Å². The number of nitrogens with zero attached hydrogens (tertiary/aromatic N) is 1. The summed E-state index contributed by atoms with van der Waals surface area (Å²) in [5.41, 5.74) is 2.08. The first-order valence-corrected chi connectivity index (χ1v) is 15.1. The van der Waals surface area contributed by atoms with Crippen molar-refractivity contribution in [2.45, 2.75) is 64.1 Å². The van der Waals surface area contributed by atoms with Gasteiger partial charge in [-0.15, -0.1) is 5.06 Å². The van der Waals surface area contributed by atoms with Crippen LogP contribution in [0, 0.1) is 0 Å². The zero-order chi connectivity index (χ0) is 30.8. The molecule has 1 saturated heterocycles. The Morgan fingerprint density at radius 3 is 2.28 bits per heavy atom. The molecule has 0 aromatic heterocycles. The highest BCUT2D eigenvalue weighted by atomic mass is 35.5. The van der Waals surface area contributed by atoms with Gasteiger partial charge in [0.2, 0.25) is 0 Å². The average molecular weight is 633 g/mol. The van der Waals surface area contributed by atoms with Gasteiger partial charge in [0.25, 0.3) is 0 Å². The SMILES string of the molecule is CC(C)(C)OC(=O)ON1CC(O)C(c2ccc(OCCCOCc3ccccc3)cc2)C(OCc2cc(Cl)cc(Cl)c2)C1. The molecule has 3 unspecified atom stereocenters. The smallest absolute Gasteiger partial charge is 0.494 e. The monoisotopic (exact) mass is 631 g/mol. The molecule has 1 heterocycles. The Morgan fingerprint density at radius 1 is 0.907 bits per heavy atom. The molecule has 3 atom stereocenters. The molecule has 1 fully saturated rings. The van der Waals surface area contributed by atoms with Gasteiger partial charge in [0.05, 0.1) is 51.7 Å². The zero-order valence-corrected chi connectivity index (χ0v) is 26.2. The molecule has 8 nitrogen and oxygen atoms in total. The number of ether oxygens (including phenoxy) is 4. The Balaban J connectivity index is 1.36. The third kappa shape index (κ3) is 11.0. The summed E-state index contributed by atoms with van der Waals surface area (Å²) in [5.74, 6) is 0.326. The van der Waals surface area contributed by atoms with Gasteiger partial charge in [-0.05, 0) is 67.8 Å². The number of hydroxylamine groups is 2. The minimum Gasteiger partial charge on any atom is -0.494 e. The third-order valence-electron chi connectivity index (χ3n) is 6.65. The van der Waals surface area contributed by atoms with E-state index in [1.165, 1.54) is 5.06 Å². The highest BCUT2D eigenvalue weighted by molar-refractivity contribution is 6.34. The number of hydrogen-bond acceptors (Lipinski definition) is 8. The largest absolute Gasteiger partial charge is 0.528 e. The number of carbonyl (C=O) groups is 1. The quantitative estimate of drug-likeness (QED) is 0.166. The molecule has 1 aliphatic heterocycles. The van der Waals surface area contributed by atoms with Crippen LogP contribution in [0.5, 0.6) is 5.75 Å². The lowest BCUT2D eigenvalue weighted by Crippen LogP contribution is -2.52. The van der Waals surface area contributed by atoms with Crippen LogP contribution in [0.25, 0.3) is 0 Å². The number of halogens is 2. The van der Waals surface area contributed by atoms with E-state index in [1.54, 1.807) is 39.0 Å². The lowest BCUT2D eigenvalue weighted by molar-refractivity contribution is -0.201. The van der Waals surface area contributed by atoms with Crippen molar-refractivity contribution in [3.05, 3.63) is 99.5 Å². The van der Waals surface area contributed by atoms with Crippen molar-refractivity contribution in [1.82, 2.24) is 5.06 Å². The number of rotatable bonds is 12. The molecule has 10 heteroatoms. The van der Waals surface area contributed by atoms with E-state index in [4.69, 9.17) is 47.0 Å². The van der Waals surface area contributed by atoms with E-state index in [0.717, 1.165) is 28.9 Å². The molecular formula is C33H39Cl2NO7. The summed E-state index contributed by atoms with van der Waals surface area (Å²) in [6.07, 6.45) is -1.51. The Morgan fingerprint density at radius 2 is 1.60 bits per heavy atom. The zero-order valence-electron chi connectivity index (χ0n) is 24.7. The van der Waals surface area contributed by atoms with E-state index in [2.05, 4.69) is 0 Å². The molecule has 0 aliphatic carbocycles. The summed E-state index contributed by atoms with van der Waals surface area (Å²) in [6.45, 7) is 7.46. The molecule has 0 saturated carbocycles. The molecule has 43 heavy (non-hydrogen) atoms. The number of benzene rings is 3. The maximum Gasteiger partial charge on any atom is 0.528 e. The van der Waals surface area contributed by atoms with Gasteiger partial charge in [0.1, 0.15) is 11.4 Å². The van der Waals surface area contributed by atoms with E-state index in [1.807, 2.05) is 54.6 Å². The van der Waals surface area contributed by atoms with Crippen LogP contribution in [0.4, 0.5) is 4.79 Å². The normalized spacial score (nSPS) is 19.2. The fourth-order valence-electron chi connectivity index (χ4n) is 4.80. The van der Waals surface area contributed by atoms with Gasteiger partial charge in [-0.1, -0.05) is 65.7 Å². The maximum absolute atomic E-state index is 12.3. The lowest BCUT2D eigenvalue weighted by atomic mass is 9.85. The van der Waals surface area contributed by atoms with Gasteiger partial charge >= 0.3 is 6.16 Å². The van der Waals surface area contributed by atoms with Crippen LogP contribution < -0.4 is 4.74 Å². The second kappa shape index (κ2) is 15.7. The Kier molecular flexibility index (Phi) is 12.1. The van der Waals surface area contributed by atoms with Crippen LogP contribution in [0.3, 0.4) is 0 Å². The lowest BCUT2D eigenvalue weighted by Gasteiger charge is -2.40. The molecule has 3 aromatic rings. The molecule has 0 radical (unpaired) electrons. The van der Waals surface area contributed by atoms with Crippen LogP contribution in [-0.2, 0) is 32.3 Å². The summed E-state index contributed by atoms with van der Waals surface area (Å²) < 4.78 is 23.2. The van der Waals surface area contributed by atoms with Crippen molar-refractivity contribution in [1.29, 1.82) is 0 Å². The molecule has 3 aromatic carbocycles. The summed E-state index contributed by atoms with van der Waals surface area (Å²) in [5, 5.41) is 13.6. The van der Waals surface area contributed by atoms with Gasteiger partial charge in [-0.3, -0.25) is 0 Å². The fourth-order valence-corrected chi connectivity index (χ4v) is 5.37. The van der Waals surface area contributed by atoms with Crippen molar-refractivity contribution >= 4 is 29.4 Å². The molecule has 0 spiro atoms. The van der Waals surface area contributed by atoms with Gasteiger partial charge < -0.3 is 28.9 Å². The molecular weight excluding hydrogens is 593 g/mol. The number of β-amino-alcohol motifs (C(OH)–C–C–N with tert-alkyl or cyclic N) is 1. The molecule has 0 amide bonds. The molecule has 0 bridgehead atoms. The van der Waals surface area contributed by atoms with Crippen LogP contribution in [0.2, 0.25) is 10.0 Å². The first-order chi connectivity index (χ1) is 20.6. The first kappa shape index (κ1) is 33.1. The number of piperidine rings is 1.